The highest BCUT2D eigenvalue weighted by Crippen LogP contribution is 2.38. The first kappa shape index (κ1) is 20.9. The molecule has 0 aliphatic heterocycles. The van der Waals surface area contributed by atoms with Crippen LogP contribution in [0.2, 0.25) is 0 Å². The van der Waals surface area contributed by atoms with Gasteiger partial charge in [-0.25, -0.2) is 4.99 Å². The first-order chi connectivity index (χ1) is 14.9. The second-order valence-corrected chi connectivity index (χ2v) is 8.81. The van der Waals surface area contributed by atoms with Gasteiger partial charge >= 0.3 is 0 Å². The van der Waals surface area contributed by atoms with Crippen molar-refractivity contribution >= 4 is 28.0 Å². The molecular formula is C27H27NO3. The van der Waals surface area contributed by atoms with Gasteiger partial charge in [-0.05, 0) is 40.3 Å². The zero-order chi connectivity index (χ0) is 22.0. The lowest BCUT2D eigenvalue weighted by atomic mass is 9.73. The molecule has 1 fully saturated rings. The monoisotopic (exact) mass is 413 g/mol. The minimum Gasteiger partial charge on any atom is -0.511 e. The minimum atomic E-state index is -0.221. The molecule has 0 amide bonds. The van der Waals surface area contributed by atoms with E-state index in [0.29, 0.717) is 35.6 Å². The molecule has 158 valence electrons. The van der Waals surface area contributed by atoms with Gasteiger partial charge in [0.25, 0.3) is 0 Å². The summed E-state index contributed by atoms with van der Waals surface area (Å²) in [7, 11) is 1.60. The first-order valence-corrected chi connectivity index (χ1v) is 10.5. The Kier molecular flexibility index (Phi) is 5.64. The predicted octanol–water partition coefficient (Wildman–Crippen LogP) is 6.36. The Morgan fingerprint density at radius 3 is 2.52 bits per heavy atom. The first-order valence-electron chi connectivity index (χ1n) is 10.5. The van der Waals surface area contributed by atoms with Crippen molar-refractivity contribution in [3.8, 4) is 5.75 Å². The zero-order valence-electron chi connectivity index (χ0n) is 18.2. The average Bonchev–Trinajstić information content (AvgIpc) is 2.73. The lowest BCUT2D eigenvalue weighted by Gasteiger charge is -2.31. The molecule has 1 N–H and O–H groups in total. The SMILES string of the molecule is COc1ccccc1N=C1CC(C)(C)CC(=O)C1=C(O)Cc1cccc2ccccc12. The molecule has 4 rings (SSSR count). The van der Waals surface area contributed by atoms with Gasteiger partial charge in [-0.1, -0.05) is 68.4 Å². The number of benzene rings is 3. The molecule has 4 nitrogen and oxygen atoms in total. The molecule has 0 aromatic heterocycles. The van der Waals surface area contributed by atoms with Gasteiger partial charge in [0.05, 0.1) is 18.4 Å². The van der Waals surface area contributed by atoms with Crippen LogP contribution >= 0.6 is 0 Å². The topological polar surface area (TPSA) is 58.9 Å². The number of fused-ring (bicyclic) bond motifs is 1. The zero-order valence-corrected chi connectivity index (χ0v) is 18.2. The molecule has 0 radical (unpaired) electrons. The summed E-state index contributed by atoms with van der Waals surface area (Å²) in [6.45, 7) is 4.11. The summed E-state index contributed by atoms with van der Waals surface area (Å²) in [5, 5.41) is 13.3. The molecular weight excluding hydrogens is 386 g/mol. The van der Waals surface area contributed by atoms with Crippen LogP contribution in [0.5, 0.6) is 5.75 Å². The number of aliphatic imine (C=N–C) groups is 1. The third-order valence-electron chi connectivity index (χ3n) is 5.72. The third-order valence-corrected chi connectivity index (χ3v) is 5.72. The quantitative estimate of drug-likeness (QED) is 0.400. The van der Waals surface area contributed by atoms with E-state index in [2.05, 4.69) is 13.8 Å². The molecule has 3 aromatic carbocycles. The van der Waals surface area contributed by atoms with Crippen LogP contribution in [0.25, 0.3) is 10.8 Å². The number of aliphatic hydroxyl groups excluding tert-OH is 1. The molecule has 0 atom stereocenters. The van der Waals surface area contributed by atoms with Crippen molar-refractivity contribution in [2.45, 2.75) is 33.1 Å². The average molecular weight is 414 g/mol. The van der Waals surface area contributed by atoms with Crippen molar-refractivity contribution in [2.75, 3.05) is 7.11 Å². The Balaban J connectivity index is 1.81. The van der Waals surface area contributed by atoms with Crippen LogP contribution in [0.1, 0.15) is 32.3 Å². The summed E-state index contributed by atoms with van der Waals surface area (Å²) >= 11 is 0. The van der Waals surface area contributed by atoms with Crippen LogP contribution in [0.3, 0.4) is 0 Å². The molecule has 4 heteroatoms. The summed E-state index contributed by atoms with van der Waals surface area (Å²) in [5.41, 5.74) is 2.38. The number of aliphatic hydroxyl groups is 1. The number of allylic oxidation sites excluding steroid dienone is 2. The number of para-hydroxylation sites is 2. The Bertz CT molecular complexity index is 1200. The number of carbonyl (C=O) groups excluding carboxylic acids is 1. The predicted molar refractivity (Wildman–Crippen MR) is 125 cm³/mol. The molecule has 0 heterocycles. The van der Waals surface area contributed by atoms with Crippen LogP contribution in [-0.4, -0.2) is 23.7 Å². The summed E-state index contributed by atoms with van der Waals surface area (Å²) in [5.74, 6) is 0.645. The highest BCUT2D eigenvalue weighted by atomic mass is 16.5. The number of Topliss-reactive ketones (excluding diaryl/α,β-unsaturated/α-hetero) is 1. The highest BCUT2D eigenvalue weighted by Gasteiger charge is 2.36. The van der Waals surface area contributed by atoms with Crippen molar-refractivity contribution in [3.05, 3.63) is 83.6 Å². The van der Waals surface area contributed by atoms with E-state index in [1.807, 2.05) is 66.7 Å². The van der Waals surface area contributed by atoms with E-state index in [4.69, 9.17) is 9.73 Å². The lowest BCUT2D eigenvalue weighted by molar-refractivity contribution is -0.117. The van der Waals surface area contributed by atoms with E-state index in [0.717, 1.165) is 16.3 Å². The molecule has 1 saturated carbocycles. The van der Waals surface area contributed by atoms with Crippen LogP contribution in [0.15, 0.2) is 83.1 Å². The van der Waals surface area contributed by atoms with Gasteiger partial charge in [0.2, 0.25) is 0 Å². The molecule has 0 spiro atoms. The smallest absolute Gasteiger partial charge is 0.168 e. The number of ether oxygens (including phenoxy) is 1. The number of methoxy groups -OCH3 is 1. The standard InChI is InChI=1S/C27H27NO3/c1-27(2)16-22(28-21-13-6-7-14-25(21)31-3)26(24(30)17-27)23(29)15-19-11-8-10-18-9-4-5-12-20(18)19/h4-14,29H,15-17H2,1-3H3. The van der Waals surface area contributed by atoms with Gasteiger partial charge in [-0.15, -0.1) is 0 Å². The fourth-order valence-corrected chi connectivity index (χ4v) is 4.29. The van der Waals surface area contributed by atoms with Crippen molar-refractivity contribution in [2.24, 2.45) is 10.4 Å². The Hall–Kier alpha value is -3.40. The molecule has 0 unspecified atom stereocenters. The molecule has 0 saturated heterocycles. The number of nitrogens with zero attached hydrogens (tertiary/aromatic N) is 1. The number of carbonyl (C=O) groups is 1. The largest absolute Gasteiger partial charge is 0.511 e. The summed E-state index contributed by atoms with van der Waals surface area (Å²) < 4.78 is 5.43. The van der Waals surface area contributed by atoms with Crippen LogP contribution in [0, 0.1) is 5.41 Å². The molecule has 0 bridgehead atoms. The summed E-state index contributed by atoms with van der Waals surface area (Å²) in [6, 6.07) is 21.6. The van der Waals surface area contributed by atoms with Crippen molar-refractivity contribution in [1.29, 1.82) is 0 Å². The van der Waals surface area contributed by atoms with E-state index in [-0.39, 0.29) is 23.4 Å². The van der Waals surface area contributed by atoms with Crippen molar-refractivity contribution in [3.63, 3.8) is 0 Å². The van der Waals surface area contributed by atoms with Crippen molar-refractivity contribution in [1.82, 2.24) is 0 Å². The van der Waals surface area contributed by atoms with Crippen LogP contribution in [0.4, 0.5) is 5.69 Å². The van der Waals surface area contributed by atoms with Gasteiger partial charge in [0, 0.05) is 12.8 Å². The van der Waals surface area contributed by atoms with E-state index in [9.17, 15) is 9.90 Å². The maximum absolute atomic E-state index is 13.1. The van der Waals surface area contributed by atoms with E-state index >= 15 is 0 Å². The Labute approximate surface area is 182 Å². The fourth-order valence-electron chi connectivity index (χ4n) is 4.29. The molecule has 31 heavy (non-hydrogen) atoms. The van der Waals surface area contributed by atoms with Gasteiger partial charge in [0.1, 0.15) is 17.2 Å². The molecule has 1 aliphatic carbocycles. The maximum Gasteiger partial charge on any atom is 0.168 e. The summed E-state index contributed by atoms with van der Waals surface area (Å²) in [4.78, 5) is 17.9. The number of ketones is 1. The normalized spacial score (nSPS) is 18.9. The fraction of sp³-hybridized carbons (Fsp3) is 0.259. The Morgan fingerprint density at radius 1 is 1.00 bits per heavy atom. The molecule has 1 aliphatic rings. The van der Waals surface area contributed by atoms with E-state index in [1.54, 1.807) is 7.11 Å². The second-order valence-electron chi connectivity index (χ2n) is 8.81. The molecule has 3 aromatic rings. The van der Waals surface area contributed by atoms with Crippen LogP contribution < -0.4 is 4.74 Å². The van der Waals surface area contributed by atoms with E-state index < -0.39 is 0 Å². The maximum atomic E-state index is 13.1. The third kappa shape index (κ3) is 4.38. The second kappa shape index (κ2) is 8.38. The summed E-state index contributed by atoms with van der Waals surface area (Å²) in [6.07, 6.45) is 1.27. The number of rotatable bonds is 4. The van der Waals surface area contributed by atoms with Gasteiger partial charge in [0.15, 0.2) is 5.78 Å². The van der Waals surface area contributed by atoms with Gasteiger partial charge in [-0.3, -0.25) is 4.79 Å². The highest BCUT2D eigenvalue weighted by molar-refractivity contribution is 6.25. The van der Waals surface area contributed by atoms with Gasteiger partial charge in [-0.2, -0.15) is 0 Å². The minimum absolute atomic E-state index is 0.0670. The Morgan fingerprint density at radius 2 is 1.71 bits per heavy atom. The number of hydrogen-bond donors (Lipinski definition) is 1. The number of hydrogen-bond acceptors (Lipinski definition) is 4. The lowest BCUT2D eigenvalue weighted by Crippen LogP contribution is -2.32. The van der Waals surface area contributed by atoms with Crippen LogP contribution in [-0.2, 0) is 11.2 Å². The van der Waals surface area contributed by atoms with Gasteiger partial charge < -0.3 is 9.84 Å². The van der Waals surface area contributed by atoms with E-state index in [1.165, 1.54) is 0 Å². The van der Waals surface area contributed by atoms with Crippen molar-refractivity contribution < 1.29 is 14.6 Å².